The monoisotopic (exact) mass is 378 g/mol. The summed E-state index contributed by atoms with van der Waals surface area (Å²) in [4.78, 5) is 28.5. The summed E-state index contributed by atoms with van der Waals surface area (Å²) in [6.45, 7) is 5.55. The molecular weight excluding hydrogens is 352 g/mol. The molecule has 1 saturated heterocycles. The second-order valence-corrected chi connectivity index (χ2v) is 7.37. The van der Waals surface area contributed by atoms with Crippen molar-refractivity contribution in [2.24, 2.45) is 0 Å². The van der Waals surface area contributed by atoms with Crippen molar-refractivity contribution in [3.63, 3.8) is 0 Å². The van der Waals surface area contributed by atoms with Gasteiger partial charge in [0, 0.05) is 36.7 Å². The minimum atomic E-state index is -0.445. The van der Waals surface area contributed by atoms with E-state index in [1.807, 2.05) is 25.1 Å². The third kappa shape index (κ3) is 3.42. The van der Waals surface area contributed by atoms with Crippen LogP contribution < -0.4 is 10.6 Å². The molecule has 1 atom stereocenters. The molecule has 2 aliphatic rings. The van der Waals surface area contributed by atoms with Gasteiger partial charge in [0.25, 0.3) is 0 Å². The normalized spacial score (nSPS) is 18.6. The standard InChI is InChI=1S/C22H26N4O2/c1-3-25-12-13-26(15(2)21(25)27)22(28)23-18-11-10-17-9-8-16-6-4-5-7-19(16)24-20(17)14-18/h4-7,10-11,14-15,24H,3,8-9,12-13H2,1-2H3,(H,23,28). The molecule has 146 valence electrons. The number of likely N-dealkylation sites (N-methyl/N-ethyl adjacent to an activating group) is 1. The number of piperazine rings is 1. The maximum Gasteiger partial charge on any atom is 0.322 e. The molecule has 0 saturated carbocycles. The summed E-state index contributed by atoms with van der Waals surface area (Å²) in [6, 6.07) is 13.6. The van der Waals surface area contributed by atoms with Crippen LogP contribution in [0.1, 0.15) is 25.0 Å². The number of anilines is 3. The number of aryl methyl sites for hydroxylation is 2. The fraction of sp³-hybridized carbons (Fsp3) is 0.364. The van der Waals surface area contributed by atoms with Gasteiger partial charge < -0.3 is 20.4 Å². The molecule has 6 nitrogen and oxygen atoms in total. The Hall–Kier alpha value is -3.02. The number of nitrogens with one attached hydrogen (secondary N) is 2. The Bertz CT molecular complexity index is 911. The summed E-state index contributed by atoms with van der Waals surface area (Å²) in [5.41, 5.74) is 5.38. The van der Waals surface area contributed by atoms with Crippen molar-refractivity contribution in [1.29, 1.82) is 0 Å². The third-order valence-corrected chi connectivity index (χ3v) is 5.70. The molecule has 1 fully saturated rings. The lowest BCUT2D eigenvalue weighted by Gasteiger charge is -2.38. The van der Waals surface area contributed by atoms with Crippen molar-refractivity contribution < 1.29 is 9.59 Å². The van der Waals surface area contributed by atoms with E-state index in [4.69, 9.17) is 0 Å². The van der Waals surface area contributed by atoms with E-state index in [1.165, 1.54) is 11.1 Å². The van der Waals surface area contributed by atoms with Crippen LogP contribution in [0.25, 0.3) is 0 Å². The van der Waals surface area contributed by atoms with Gasteiger partial charge in [-0.15, -0.1) is 0 Å². The number of hydrogen-bond donors (Lipinski definition) is 2. The van der Waals surface area contributed by atoms with E-state index in [2.05, 4.69) is 34.9 Å². The smallest absolute Gasteiger partial charge is 0.322 e. The van der Waals surface area contributed by atoms with Gasteiger partial charge in [0.15, 0.2) is 0 Å². The zero-order chi connectivity index (χ0) is 19.7. The summed E-state index contributed by atoms with van der Waals surface area (Å²) in [6.07, 6.45) is 1.95. The third-order valence-electron chi connectivity index (χ3n) is 5.70. The lowest BCUT2D eigenvalue weighted by molar-refractivity contribution is -0.138. The number of hydrogen-bond acceptors (Lipinski definition) is 3. The van der Waals surface area contributed by atoms with Crippen LogP contribution in [0.15, 0.2) is 42.5 Å². The number of carbonyl (C=O) groups is 2. The number of urea groups is 1. The minimum Gasteiger partial charge on any atom is -0.355 e. The summed E-state index contributed by atoms with van der Waals surface area (Å²) < 4.78 is 0. The first-order valence-electron chi connectivity index (χ1n) is 9.91. The van der Waals surface area contributed by atoms with Gasteiger partial charge in [0.1, 0.15) is 6.04 Å². The molecule has 4 rings (SSSR count). The van der Waals surface area contributed by atoms with Crippen LogP contribution in [0.4, 0.5) is 21.9 Å². The summed E-state index contributed by atoms with van der Waals surface area (Å²) in [7, 11) is 0. The number of carbonyl (C=O) groups excluding carboxylic acids is 2. The molecule has 0 aliphatic carbocycles. The Morgan fingerprint density at radius 1 is 1.11 bits per heavy atom. The van der Waals surface area contributed by atoms with Gasteiger partial charge in [0.2, 0.25) is 5.91 Å². The first-order chi connectivity index (χ1) is 13.6. The second-order valence-electron chi connectivity index (χ2n) is 7.37. The summed E-state index contributed by atoms with van der Waals surface area (Å²) in [5, 5.41) is 6.47. The number of fused-ring (bicyclic) bond motifs is 2. The Morgan fingerprint density at radius 3 is 2.64 bits per heavy atom. The molecule has 0 spiro atoms. The van der Waals surface area contributed by atoms with E-state index in [9.17, 15) is 9.59 Å². The van der Waals surface area contributed by atoms with Crippen LogP contribution in [-0.2, 0) is 17.6 Å². The molecule has 2 N–H and O–H groups in total. The molecule has 3 amide bonds. The van der Waals surface area contributed by atoms with Crippen LogP contribution in [0, 0.1) is 0 Å². The highest BCUT2D eigenvalue weighted by molar-refractivity contribution is 5.95. The van der Waals surface area contributed by atoms with Crippen molar-refractivity contribution in [3.05, 3.63) is 53.6 Å². The van der Waals surface area contributed by atoms with Crippen molar-refractivity contribution in [2.75, 3.05) is 30.3 Å². The van der Waals surface area contributed by atoms with Gasteiger partial charge in [-0.1, -0.05) is 24.3 Å². The molecule has 0 bridgehead atoms. The van der Waals surface area contributed by atoms with E-state index >= 15 is 0 Å². The van der Waals surface area contributed by atoms with Gasteiger partial charge in [-0.25, -0.2) is 4.79 Å². The van der Waals surface area contributed by atoms with Gasteiger partial charge in [-0.3, -0.25) is 4.79 Å². The maximum absolute atomic E-state index is 12.8. The van der Waals surface area contributed by atoms with Crippen LogP contribution in [0.3, 0.4) is 0 Å². The molecule has 1 unspecified atom stereocenters. The highest BCUT2D eigenvalue weighted by atomic mass is 16.2. The van der Waals surface area contributed by atoms with Crippen molar-refractivity contribution in [1.82, 2.24) is 9.80 Å². The molecule has 0 radical (unpaired) electrons. The average molecular weight is 378 g/mol. The molecule has 0 aromatic heterocycles. The van der Waals surface area contributed by atoms with E-state index in [0.717, 1.165) is 29.9 Å². The average Bonchev–Trinajstić information content (AvgIpc) is 2.88. The molecule has 2 aromatic carbocycles. The number of rotatable bonds is 2. The first kappa shape index (κ1) is 18.3. The quantitative estimate of drug-likeness (QED) is 0.839. The molecule has 2 aromatic rings. The topological polar surface area (TPSA) is 64.7 Å². The predicted octanol–water partition coefficient (Wildman–Crippen LogP) is 3.61. The summed E-state index contributed by atoms with van der Waals surface area (Å²) >= 11 is 0. The first-order valence-corrected chi connectivity index (χ1v) is 9.91. The van der Waals surface area contributed by atoms with Crippen LogP contribution in [-0.4, -0.2) is 47.4 Å². The SMILES string of the molecule is CCN1CCN(C(=O)Nc2ccc3c(c2)Nc2ccccc2CC3)C(C)C1=O. The zero-order valence-electron chi connectivity index (χ0n) is 16.4. The Balaban J connectivity index is 1.50. The van der Waals surface area contributed by atoms with Crippen LogP contribution >= 0.6 is 0 Å². The predicted molar refractivity (Wildman–Crippen MR) is 111 cm³/mol. The molecule has 2 heterocycles. The van der Waals surface area contributed by atoms with Gasteiger partial charge in [0.05, 0.1) is 0 Å². The van der Waals surface area contributed by atoms with E-state index in [1.54, 1.807) is 16.7 Å². The molecule has 2 aliphatic heterocycles. The zero-order valence-corrected chi connectivity index (χ0v) is 16.4. The number of benzene rings is 2. The van der Waals surface area contributed by atoms with Crippen LogP contribution in [0.5, 0.6) is 0 Å². The van der Waals surface area contributed by atoms with Gasteiger partial charge in [-0.2, -0.15) is 0 Å². The molecular formula is C22H26N4O2. The highest BCUT2D eigenvalue weighted by Crippen LogP contribution is 2.31. The van der Waals surface area contributed by atoms with E-state index in [-0.39, 0.29) is 11.9 Å². The minimum absolute atomic E-state index is 0.00380. The van der Waals surface area contributed by atoms with Crippen molar-refractivity contribution in [2.45, 2.75) is 32.7 Å². The van der Waals surface area contributed by atoms with Gasteiger partial charge in [-0.05, 0) is 56.0 Å². The fourth-order valence-corrected chi connectivity index (χ4v) is 3.98. The Labute approximate surface area is 165 Å². The largest absolute Gasteiger partial charge is 0.355 e. The number of para-hydroxylation sites is 1. The van der Waals surface area contributed by atoms with E-state index < -0.39 is 6.04 Å². The fourth-order valence-electron chi connectivity index (χ4n) is 3.98. The number of nitrogens with zero attached hydrogens (tertiary/aromatic N) is 2. The molecule has 6 heteroatoms. The molecule has 28 heavy (non-hydrogen) atoms. The van der Waals surface area contributed by atoms with E-state index in [0.29, 0.717) is 19.6 Å². The maximum atomic E-state index is 12.8. The number of amides is 3. The Kier molecular flexibility index (Phi) is 4.94. The van der Waals surface area contributed by atoms with Crippen molar-refractivity contribution in [3.8, 4) is 0 Å². The summed E-state index contributed by atoms with van der Waals surface area (Å²) in [5.74, 6) is 0.00380. The van der Waals surface area contributed by atoms with Crippen molar-refractivity contribution >= 4 is 29.0 Å². The highest BCUT2D eigenvalue weighted by Gasteiger charge is 2.33. The van der Waals surface area contributed by atoms with Gasteiger partial charge >= 0.3 is 6.03 Å². The Morgan fingerprint density at radius 2 is 1.86 bits per heavy atom. The second kappa shape index (κ2) is 7.54. The lowest BCUT2D eigenvalue weighted by Crippen LogP contribution is -2.58. The van der Waals surface area contributed by atoms with Crippen LogP contribution in [0.2, 0.25) is 0 Å². The lowest BCUT2D eigenvalue weighted by atomic mass is 10.0.